The molecule has 5 heteroatoms. The summed E-state index contributed by atoms with van der Waals surface area (Å²) in [7, 11) is 3.40. The highest BCUT2D eigenvalue weighted by atomic mass is 16.5. The van der Waals surface area contributed by atoms with E-state index in [4.69, 9.17) is 9.47 Å². The maximum Gasteiger partial charge on any atom is 0.255 e. The van der Waals surface area contributed by atoms with Crippen LogP contribution in [0, 0.1) is 5.41 Å². The van der Waals surface area contributed by atoms with Crippen LogP contribution in [-0.2, 0) is 4.74 Å². The molecule has 2 rings (SSSR count). The Morgan fingerprint density at radius 3 is 2.70 bits per heavy atom. The standard InChI is InChI=1S/C15H22N2O3/c1-15(6-8-20-9-7-15)11-17(2)14(18)12-4-5-13(19-3)16-10-12/h4-5,10H,6-9,11H2,1-3H3. The zero-order valence-electron chi connectivity index (χ0n) is 12.4. The third kappa shape index (κ3) is 3.48. The van der Waals surface area contributed by atoms with Crippen molar-refractivity contribution in [1.29, 1.82) is 0 Å². The Kier molecular flexibility index (Phi) is 4.60. The summed E-state index contributed by atoms with van der Waals surface area (Å²) in [4.78, 5) is 18.2. The van der Waals surface area contributed by atoms with Gasteiger partial charge in [0.05, 0.1) is 12.7 Å². The quantitative estimate of drug-likeness (QED) is 0.845. The van der Waals surface area contributed by atoms with Crippen LogP contribution in [0.25, 0.3) is 0 Å². The van der Waals surface area contributed by atoms with Crippen LogP contribution in [0.2, 0.25) is 0 Å². The van der Waals surface area contributed by atoms with Crippen molar-refractivity contribution >= 4 is 5.91 Å². The molecule has 5 nitrogen and oxygen atoms in total. The largest absolute Gasteiger partial charge is 0.481 e. The molecule has 0 N–H and O–H groups in total. The average molecular weight is 278 g/mol. The van der Waals surface area contributed by atoms with E-state index < -0.39 is 0 Å². The molecule has 1 aromatic heterocycles. The number of methoxy groups -OCH3 is 1. The van der Waals surface area contributed by atoms with E-state index in [2.05, 4.69) is 11.9 Å². The fourth-order valence-corrected chi connectivity index (χ4v) is 2.51. The maximum absolute atomic E-state index is 12.4. The molecule has 20 heavy (non-hydrogen) atoms. The Morgan fingerprint density at radius 2 is 2.15 bits per heavy atom. The molecule has 0 saturated carbocycles. The molecular weight excluding hydrogens is 256 g/mol. The molecule has 1 fully saturated rings. The molecule has 110 valence electrons. The first kappa shape index (κ1) is 14.8. The molecule has 1 aliphatic rings. The van der Waals surface area contributed by atoms with E-state index in [-0.39, 0.29) is 11.3 Å². The van der Waals surface area contributed by atoms with E-state index in [1.54, 1.807) is 30.3 Å². The Morgan fingerprint density at radius 1 is 1.45 bits per heavy atom. The molecule has 1 aromatic rings. The summed E-state index contributed by atoms with van der Waals surface area (Å²) in [5.74, 6) is 0.508. The summed E-state index contributed by atoms with van der Waals surface area (Å²) in [5.41, 5.74) is 0.728. The molecule has 0 radical (unpaired) electrons. The number of aromatic nitrogens is 1. The molecule has 0 aromatic carbocycles. The van der Waals surface area contributed by atoms with Gasteiger partial charge in [-0.2, -0.15) is 0 Å². The van der Waals surface area contributed by atoms with Gasteiger partial charge in [-0.25, -0.2) is 4.98 Å². The number of rotatable bonds is 4. The molecule has 0 spiro atoms. The molecular formula is C15H22N2O3. The zero-order chi connectivity index (χ0) is 14.6. The summed E-state index contributed by atoms with van der Waals surface area (Å²) in [6.07, 6.45) is 3.54. The highest BCUT2D eigenvalue weighted by Gasteiger charge is 2.30. The third-order valence-corrected chi connectivity index (χ3v) is 3.86. The molecule has 0 atom stereocenters. The lowest BCUT2D eigenvalue weighted by molar-refractivity contribution is 0.00916. The molecule has 1 saturated heterocycles. The van der Waals surface area contributed by atoms with Crippen LogP contribution in [-0.4, -0.2) is 49.7 Å². The van der Waals surface area contributed by atoms with E-state index >= 15 is 0 Å². The van der Waals surface area contributed by atoms with Gasteiger partial charge < -0.3 is 14.4 Å². The number of pyridine rings is 1. The Bertz CT molecular complexity index is 453. The first-order chi connectivity index (χ1) is 9.54. The van der Waals surface area contributed by atoms with Crippen molar-refractivity contribution in [2.24, 2.45) is 5.41 Å². The van der Waals surface area contributed by atoms with Gasteiger partial charge in [-0.1, -0.05) is 6.92 Å². The SMILES string of the molecule is COc1ccc(C(=O)N(C)CC2(C)CCOCC2)cn1. The number of carbonyl (C=O) groups excluding carboxylic acids is 1. The first-order valence-corrected chi connectivity index (χ1v) is 6.87. The summed E-state index contributed by atoms with van der Waals surface area (Å²) in [6, 6.07) is 3.45. The fourth-order valence-electron chi connectivity index (χ4n) is 2.51. The van der Waals surface area contributed by atoms with E-state index in [0.29, 0.717) is 11.4 Å². The predicted octanol–water partition coefficient (Wildman–Crippen LogP) is 1.98. The van der Waals surface area contributed by atoms with Crippen molar-refractivity contribution in [3.05, 3.63) is 23.9 Å². The molecule has 1 amide bonds. The van der Waals surface area contributed by atoms with E-state index in [0.717, 1.165) is 32.6 Å². The van der Waals surface area contributed by atoms with Crippen molar-refractivity contribution in [3.8, 4) is 5.88 Å². The van der Waals surface area contributed by atoms with Gasteiger partial charge in [-0.05, 0) is 24.3 Å². The molecule has 0 bridgehead atoms. The van der Waals surface area contributed by atoms with Gasteiger partial charge in [-0.15, -0.1) is 0 Å². The monoisotopic (exact) mass is 278 g/mol. The Hall–Kier alpha value is -1.62. The molecule has 0 aliphatic carbocycles. The van der Waals surface area contributed by atoms with Gasteiger partial charge >= 0.3 is 0 Å². The lowest BCUT2D eigenvalue weighted by Crippen LogP contribution is -2.40. The van der Waals surface area contributed by atoms with Crippen LogP contribution in [0.4, 0.5) is 0 Å². The average Bonchev–Trinajstić information content (AvgIpc) is 2.47. The maximum atomic E-state index is 12.4. The van der Waals surface area contributed by atoms with Gasteiger partial charge in [-0.3, -0.25) is 4.79 Å². The molecule has 1 aliphatic heterocycles. The Balaban J connectivity index is 2.00. The highest BCUT2D eigenvalue weighted by molar-refractivity contribution is 5.93. The molecule has 0 unspecified atom stereocenters. The van der Waals surface area contributed by atoms with E-state index in [9.17, 15) is 4.79 Å². The van der Waals surface area contributed by atoms with Crippen molar-refractivity contribution in [3.63, 3.8) is 0 Å². The van der Waals surface area contributed by atoms with Gasteiger partial charge in [0.2, 0.25) is 5.88 Å². The van der Waals surface area contributed by atoms with Crippen molar-refractivity contribution in [1.82, 2.24) is 9.88 Å². The summed E-state index contributed by atoms with van der Waals surface area (Å²) >= 11 is 0. The summed E-state index contributed by atoms with van der Waals surface area (Å²) in [5, 5.41) is 0. The second kappa shape index (κ2) is 6.22. The van der Waals surface area contributed by atoms with Crippen molar-refractivity contribution in [2.45, 2.75) is 19.8 Å². The number of ether oxygens (including phenoxy) is 2. The normalized spacial score (nSPS) is 17.6. The lowest BCUT2D eigenvalue weighted by Gasteiger charge is -2.36. The number of hydrogen-bond acceptors (Lipinski definition) is 4. The molecule has 2 heterocycles. The smallest absolute Gasteiger partial charge is 0.255 e. The lowest BCUT2D eigenvalue weighted by atomic mass is 9.82. The van der Waals surface area contributed by atoms with Crippen LogP contribution in [0.15, 0.2) is 18.3 Å². The minimum atomic E-state index is -0.00660. The van der Waals surface area contributed by atoms with Crippen molar-refractivity contribution < 1.29 is 14.3 Å². The number of carbonyl (C=O) groups is 1. The van der Waals surface area contributed by atoms with Gasteiger partial charge in [0.25, 0.3) is 5.91 Å². The summed E-state index contributed by atoms with van der Waals surface area (Å²) in [6.45, 7) is 4.51. The second-order valence-electron chi connectivity index (χ2n) is 5.67. The van der Waals surface area contributed by atoms with Crippen LogP contribution in [0.5, 0.6) is 5.88 Å². The van der Waals surface area contributed by atoms with Crippen LogP contribution >= 0.6 is 0 Å². The van der Waals surface area contributed by atoms with E-state index in [1.807, 2.05) is 7.05 Å². The second-order valence-corrected chi connectivity index (χ2v) is 5.67. The van der Waals surface area contributed by atoms with E-state index in [1.165, 1.54) is 0 Å². The fraction of sp³-hybridized carbons (Fsp3) is 0.600. The zero-order valence-corrected chi connectivity index (χ0v) is 12.4. The third-order valence-electron chi connectivity index (χ3n) is 3.86. The minimum absolute atomic E-state index is 0.00660. The highest BCUT2D eigenvalue weighted by Crippen LogP contribution is 2.30. The Labute approximate surface area is 119 Å². The minimum Gasteiger partial charge on any atom is -0.481 e. The predicted molar refractivity (Wildman–Crippen MR) is 75.9 cm³/mol. The number of amides is 1. The van der Waals surface area contributed by atoms with Crippen LogP contribution in [0.3, 0.4) is 0 Å². The van der Waals surface area contributed by atoms with Gasteiger partial charge in [0.1, 0.15) is 0 Å². The van der Waals surface area contributed by atoms with Crippen LogP contribution in [0.1, 0.15) is 30.1 Å². The van der Waals surface area contributed by atoms with Crippen molar-refractivity contribution in [2.75, 3.05) is 33.9 Å². The number of hydrogen-bond donors (Lipinski definition) is 0. The first-order valence-electron chi connectivity index (χ1n) is 6.87. The number of nitrogens with zero attached hydrogens (tertiary/aromatic N) is 2. The van der Waals surface area contributed by atoms with Gasteiger partial charge in [0.15, 0.2) is 0 Å². The van der Waals surface area contributed by atoms with Gasteiger partial charge in [0, 0.05) is 39.1 Å². The summed E-state index contributed by atoms with van der Waals surface area (Å²) < 4.78 is 10.4. The topological polar surface area (TPSA) is 51.7 Å². The van der Waals surface area contributed by atoms with Crippen LogP contribution < -0.4 is 4.74 Å².